The van der Waals surface area contributed by atoms with E-state index in [9.17, 15) is 25.2 Å². The van der Waals surface area contributed by atoms with Gasteiger partial charge in [-0.25, -0.2) is 4.79 Å². The number of aromatic nitrogens is 1. The SMILES string of the molecule is CCCCc1cc(O)c(Cn2cc(C[C@H](O)COC(=O)c3ccccc3)c3cc(CO)ccc32)c(O)c1. The minimum atomic E-state index is -0.941. The van der Waals surface area contributed by atoms with Gasteiger partial charge in [0.25, 0.3) is 0 Å². The molecule has 0 aliphatic rings. The van der Waals surface area contributed by atoms with Gasteiger partial charge >= 0.3 is 5.97 Å². The van der Waals surface area contributed by atoms with Gasteiger partial charge in [-0.2, -0.15) is 0 Å². The molecule has 0 aliphatic heterocycles. The number of esters is 1. The maximum absolute atomic E-state index is 12.2. The summed E-state index contributed by atoms with van der Waals surface area (Å²) in [6.45, 7) is 2.02. The van der Waals surface area contributed by atoms with E-state index in [1.54, 1.807) is 36.4 Å². The summed E-state index contributed by atoms with van der Waals surface area (Å²) in [6, 6.07) is 17.5. The summed E-state index contributed by atoms with van der Waals surface area (Å²) in [5.74, 6) is -0.429. The standard InChI is InChI=1S/C30H33NO6/c1-2-3-7-20-13-28(34)26(29(35)14-20)17-31-16-23(25-12-21(18-32)10-11-27(25)31)15-24(33)19-37-30(36)22-8-5-4-6-9-22/h4-6,8-14,16,24,32-35H,2-3,7,15,17-19H2,1H3/t24-/m0/s1. The number of aliphatic hydroxyl groups excluding tert-OH is 2. The first kappa shape index (κ1) is 26.3. The van der Waals surface area contributed by atoms with Gasteiger partial charge in [0.1, 0.15) is 18.1 Å². The Morgan fingerprint density at radius 1 is 1.00 bits per heavy atom. The Morgan fingerprint density at radius 2 is 1.73 bits per heavy atom. The largest absolute Gasteiger partial charge is 0.507 e. The lowest BCUT2D eigenvalue weighted by molar-refractivity contribution is 0.0259. The van der Waals surface area contributed by atoms with Gasteiger partial charge in [-0.15, -0.1) is 0 Å². The fraction of sp³-hybridized carbons (Fsp3) is 0.300. The molecule has 4 rings (SSSR count). The summed E-state index contributed by atoms with van der Waals surface area (Å²) in [4.78, 5) is 12.2. The summed E-state index contributed by atoms with van der Waals surface area (Å²) in [6.07, 6.45) is 3.91. The van der Waals surface area contributed by atoms with Crippen molar-refractivity contribution in [1.29, 1.82) is 0 Å². The lowest BCUT2D eigenvalue weighted by atomic mass is 10.0. The average Bonchev–Trinajstić information content (AvgIpc) is 3.24. The first-order valence-corrected chi connectivity index (χ1v) is 12.5. The van der Waals surface area contributed by atoms with Crippen molar-refractivity contribution in [2.24, 2.45) is 0 Å². The number of fused-ring (bicyclic) bond motifs is 1. The maximum atomic E-state index is 12.2. The number of hydrogen-bond donors (Lipinski definition) is 4. The summed E-state index contributed by atoms with van der Waals surface area (Å²) in [5.41, 5.74) is 4.06. The second-order valence-corrected chi connectivity index (χ2v) is 9.33. The number of benzene rings is 3. The van der Waals surface area contributed by atoms with E-state index in [1.165, 1.54) is 0 Å². The van der Waals surface area contributed by atoms with E-state index in [4.69, 9.17) is 4.74 Å². The van der Waals surface area contributed by atoms with Crippen LogP contribution in [-0.4, -0.2) is 43.7 Å². The quantitative estimate of drug-likeness (QED) is 0.221. The van der Waals surface area contributed by atoms with Crippen LogP contribution in [0.4, 0.5) is 0 Å². The molecule has 0 saturated heterocycles. The summed E-state index contributed by atoms with van der Waals surface area (Å²) in [5, 5.41) is 42.5. The number of nitrogens with zero attached hydrogens (tertiary/aromatic N) is 1. The molecule has 0 unspecified atom stereocenters. The molecule has 194 valence electrons. The monoisotopic (exact) mass is 503 g/mol. The molecular formula is C30H33NO6. The molecule has 4 N–H and O–H groups in total. The maximum Gasteiger partial charge on any atom is 0.338 e. The van der Waals surface area contributed by atoms with Crippen LogP contribution in [0.2, 0.25) is 0 Å². The van der Waals surface area contributed by atoms with Gasteiger partial charge in [-0.1, -0.05) is 37.6 Å². The minimum Gasteiger partial charge on any atom is -0.507 e. The van der Waals surface area contributed by atoms with Gasteiger partial charge in [0, 0.05) is 23.5 Å². The van der Waals surface area contributed by atoms with Gasteiger partial charge < -0.3 is 29.7 Å². The van der Waals surface area contributed by atoms with Crippen LogP contribution >= 0.6 is 0 Å². The normalized spacial score (nSPS) is 12.1. The van der Waals surface area contributed by atoms with E-state index < -0.39 is 12.1 Å². The Morgan fingerprint density at radius 3 is 2.41 bits per heavy atom. The third-order valence-electron chi connectivity index (χ3n) is 6.49. The molecule has 1 atom stereocenters. The highest BCUT2D eigenvalue weighted by molar-refractivity contribution is 5.89. The molecular weight excluding hydrogens is 470 g/mol. The van der Waals surface area contributed by atoms with Crippen LogP contribution in [0.25, 0.3) is 10.9 Å². The minimum absolute atomic E-state index is 0.0364. The van der Waals surface area contributed by atoms with Crippen LogP contribution in [0.3, 0.4) is 0 Å². The van der Waals surface area contributed by atoms with E-state index in [0.717, 1.165) is 46.9 Å². The predicted octanol–water partition coefficient (Wildman–Crippen LogP) is 4.70. The molecule has 1 aromatic heterocycles. The third kappa shape index (κ3) is 6.31. The Bertz CT molecular complexity index is 1340. The number of hydrogen-bond acceptors (Lipinski definition) is 6. The van der Waals surface area contributed by atoms with Crippen molar-refractivity contribution in [3.8, 4) is 11.5 Å². The lowest BCUT2D eigenvalue weighted by Gasteiger charge is -2.12. The van der Waals surface area contributed by atoms with Crippen LogP contribution < -0.4 is 0 Å². The number of phenols is 2. The van der Waals surface area contributed by atoms with Crippen molar-refractivity contribution < 1.29 is 30.0 Å². The number of aryl methyl sites for hydroxylation is 1. The fourth-order valence-electron chi connectivity index (χ4n) is 4.51. The number of carbonyl (C=O) groups is 1. The summed E-state index contributed by atoms with van der Waals surface area (Å²) in [7, 11) is 0. The van der Waals surface area contributed by atoms with Crippen molar-refractivity contribution in [3.05, 3.63) is 94.7 Å². The molecule has 0 spiro atoms. The molecule has 0 aliphatic carbocycles. The number of aromatic hydroxyl groups is 2. The van der Waals surface area contributed by atoms with Gasteiger partial charge in [-0.05, 0) is 65.9 Å². The molecule has 0 amide bonds. The predicted molar refractivity (Wildman–Crippen MR) is 142 cm³/mol. The highest BCUT2D eigenvalue weighted by Gasteiger charge is 2.18. The number of ether oxygens (including phenoxy) is 1. The van der Waals surface area contributed by atoms with Gasteiger partial charge in [0.15, 0.2) is 0 Å². The van der Waals surface area contributed by atoms with Crippen molar-refractivity contribution >= 4 is 16.9 Å². The van der Waals surface area contributed by atoms with Crippen molar-refractivity contribution in [2.45, 2.75) is 51.9 Å². The number of rotatable bonds is 11. The van der Waals surface area contributed by atoms with Crippen LogP contribution in [-0.2, 0) is 30.7 Å². The van der Waals surface area contributed by atoms with Crippen molar-refractivity contribution in [2.75, 3.05) is 6.61 Å². The van der Waals surface area contributed by atoms with Crippen LogP contribution in [0.1, 0.15) is 52.4 Å². The first-order chi connectivity index (χ1) is 17.9. The Labute approximate surface area is 216 Å². The molecule has 0 fully saturated rings. The second-order valence-electron chi connectivity index (χ2n) is 9.33. The Kier molecular flexibility index (Phi) is 8.48. The molecule has 7 nitrogen and oxygen atoms in total. The molecule has 4 aromatic rings. The van der Waals surface area contributed by atoms with E-state index >= 15 is 0 Å². The van der Waals surface area contributed by atoms with Crippen molar-refractivity contribution in [1.82, 2.24) is 4.57 Å². The fourth-order valence-corrected chi connectivity index (χ4v) is 4.51. The number of phenolic OH excluding ortho intramolecular Hbond substituents is 2. The Hall–Kier alpha value is -3.81. The van der Waals surface area contributed by atoms with E-state index in [1.807, 2.05) is 35.0 Å². The second kappa shape index (κ2) is 12.0. The van der Waals surface area contributed by atoms with Crippen LogP contribution in [0.15, 0.2) is 66.9 Å². The number of unbranched alkanes of at least 4 members (excludes halogenated alkanes) is 1. The molecule has 3 aromatic carbocycles. The van der Waals surface area contributed by atoms with Crippen molar-refractivity contribution in [3.63, 3.8) is 0 Å². The van der Waals surface area contributed by atoms with E-state index in [-0.39, 0.29) is 37.7 Å². The zero-order valence-corrected chi connectivity index (χ0v) is 20.9. The molecule has 37 heavy (non-hydrogen) atoms. The highest BCUT2D eigenvalue weighted by Crippen LogP contribution is 2.33. The highest BCUT2D eigenvalue weighted by atomic mass is 16.5. The molecule has 0 bridgehead atoms. The number of aliphatic hydroxyl groups is 2. The Balaban J connectivity index is 1.56. The molecule has 0 radical (unpaired) electrons. The lowest BCUT2D eigenvalue weighted by Crippen LogP contribution is -2.21. The van der Waals surface area contributed by atoms with Gasteiger partial charge in [0.05, 0.1) is 30.4 Å². The topological polar surface area (TPSA) is 112 Å². The summed E-state index contributed by atoms with van der Waals surface area (Å²) >= 11 is 0. The molecule has 1 heterocycles. The van der Waals surface area contributed by atoms with Gasteiger partial charge in [0.2, 0.25) is 0 Å². The van der Waals surface area contributed by atoms with Crippen LogP contribution in [0, 0.1) is 0 Å². The number of carbonyl (C=O) groups excluding carboxylic acids is 1. The molecule has 0 saturated carbocycles. The zero-order valence-electron chi connectivity index (χ0n) is 20.9. The zero-order chi connectivity index (χ0) is 26.4. The third-order valence-corrected chi connectivity index (χ3v) is 6.49. The summed E-state index contributed by atoms with van der Waals surface area (Å²) < 4.78 is 7.19. The van der Waals surface area contributed by atoms with Crippen LogP contribution in [0.5, 0.6) is 11.5 Å². The van der Waals surface area contributed by atoms with Gasteiger partial charge in [-0.3, -0.25) is 0 Å². The molecule has 7 heteroatoms. The van der Waals surface area contributed by atoms with E-state index in [0.29, 0.717) is 11.1 Å². The first-order valence-electron chi connectivity index (χ1n) is 12.5. The average molecular weight is 504 g/mol. The van der Waals surface area contributed by atoms with E-state index in [2.05, 4.69) is 6.92 Å². The smallest absolute Gasteiger partial charge is 0.338 e.